The molecule has 162 valence electrons. The van der Waals surface area contributed by atoms with Gasteiger partial charge in [0.2, 0.25) is 0 Å². The third-order valence-electron chi connectivity index (χ3n) is 5.93. The standard InChI is InChI=1S/C24H35ClO4/c1-2-3-6-10-21(26)17-12-14-18(15-13-17)24-19(20(25)16-22(24)27)9-7-4-5-8-11-23(28)29/h4,7,12-15,19-22,24,26-27H,2-3,5-6,8-11,16H2,1H3,(H,28,29)/t19?,20-,21?,22-,24?/m1/s1. The van der Waals surface area contributed by atoms with Gasteiger partial charge in [-0.05, 0) is 49.1 Å². The molecule has 0 radical (unpaired) electrons. The number of aliphatic carboxylic acids is 1. The van der Waals surface area contributed by atoms with Crippen LogP contribution in [-0.4, -0.2) is 32.8 Å². The third kappa shape index (κ3) is 7.44. The summed E-state index contributed by atoms with van der Waals surface area (Å²) in [6, 6.07) is 7.98. The second kappa shape index (κ2) is 12.4. The number of allylic oxidation sites excluding steroid dienone is 2. The van der Waals surface area contributed by atoms with E-state index in [9.17, 15) is 15.0 Å². The second-order valence-corrected chi connectivity index (χ2v) is 8.74. The van der Waals surface area contributed by atoms with Gasteiger partial charge in [0.1, 0.15) is 0 Å². The van der Waals surface area contributed by atoms with E-state index < -0.39 is 18.2 Å². The fraction of sp³-hybridized carbons (Fsp3) is 0.625. The Morgan fingerprint density at radius 1 is 1.21 bits per heavy atom. The van der Waals surface area contributed by atoms with Gasteiger partial charge >= 0.3 is 5.97 Å². The molecule has 0 aliphatic heterocycles. The van der Waals surface area contributed by atoms with Crippen molar-refractivity contribution in [1.29, 1.82) is 0 Å². The average Bonchev–Trinajstić information content (AvgIpc) is 2.97. The van der Waals surface area contributed by atoms with Crippen LogP contribution in [0.3, 0.4) is 0 Å². The van der Waals surface area contributed by atoms with Crippen LogP contribution in [0.5, 0.6) is 0 Å². The highest BCUT2D eigenvalue weighted by molar-refractivity contribution is 6.21. The van der Waals surface area contributed by atoms with E-state index in [1.807, 2.05) is 30.3 Å². The number of alkyl halides is 1. The number of unbranched alkanes of at least 4 members (excludes halogenated alkanes) is 3. The summed E-state index contributed by atoms with van der Waals surface area (Å²) in [5.74, 6) is -0.646. The van der Waals surface area contributed by atoms with Crippen LogP contribution in [0.4, 0.5) is 0 Å². The van der Waals surface area contributed by atoms with Crippen LogP contribution in [0.25, 0.3) is 0 Å². The van der Waals surface area contributed by atoms with Gasteiger partial charge in [-0.25, -0.2) is 0 Å². The molecule has 1 aromatic rings. The minimum Gasteiger partial charge on any atom is -0.481 e. The lowest BCUT2D eigenvalue weighted by Gasteiger charge is -2.23. The Hall–Kier alpha value is -1.36. The third-order valence-corrected chi connectivity index (χ3v) is 6.43. The predicted molar refractivity (Wildman–Crippen MR) is 117 cm³/mol. The first-order valence-corrected chi connectivity index (χ1v) is 11.3. The van der Waals surface area contributed by atoms with Gasteiger partial charge in [0.05, 0.1) is 12.2 Å². The molecule has 0 aromatic heterocycles. The van der Waals surface area contributed by atoms with Gasteiger partial charge in [0.15, 0.2) is 0 Å². The van der Waals surface area contributed by atoms with E-state index in [0.29, 0.717) is 12.8 Å². The summed E-state index contributed by atoms with van der Waals surface area (Å²) in [5.41, 5.74) is 1.99. The van der Waals surface area contributed by atoms with Crippen molar-refractivity contribution in [3.05, 3.63) is 47.5 Å². The number of carboxylic acid groups (broad SMARTS) is 1. The summed E-state index contributed by atoms with van der Waals surface area (Å²) in [7, 11) is 0. The van der Waals surface area contributed by atoms with Gasteiger partial charge < -0.3 is 15.3 Å². The number of halogens is 1. The van der Waals surface area contributed by atoms with Crippen LogP contribution in [0.2, 0.25) is 0 Å². The summed E-state index contributed by atoms with van der Waals surface area (Å²) in [4.78, 5) is 10.6. The normalized spacial score (nSPS) is 25.5. The molecular weight excluding hydrogens is 388 g/mol. The van der Waals surface area contributed by atoms with Crippen molar-refractivity contribution in [2.24, 2.45) is 5.92 Å². The molecule has 0 heterocycles. The topological polar surface area (TPSA) is 77.8 Å². The molecule has 2 rings (SSSR count). The Bertz CT molecular complexity index is 643. The second-order valence-electron chi connectivity index (χ2n) is 8.18. The highest BCUT2D eigenvalue weighted by atomic mass is 35.5. The summed E-state index contributed by atoms with van der Waals surface area (Å²) in [6.45, 7) is 2.15. The van der Waals surface area contributed by atoms with Crippen molar-refractivity contribution in [2.45, 2.75) is 88.2 Å². The maximum Gasteiger partial charge on any atom is 0.303 e. The molecule has 1 fully saturated rings. The van der Waals surface area contributed by atoms with Crippen molar-refractivity contribution >= 4 is 17.6 Å². The number of rotatable bonds is 12. The SMILES string of the molecule is CCCCCC(O)c1ccc(C2C(CC=CCCCC(=O)O)[C@H](Cl)C[C@H]2O)cc1. The Morgan fingerprint density at radius 2 is 1.93 bits per heavy atom. The lowest BCUT2D eigenvalue weighted by Crippen LogP contribution is -2.18. The maximum absolute atomic E-state index is 10.6. The fourth-order valence-electron chi connectivity index (χ4n) is 4.26. The zero-order chi connectivity index (χ0) is 21.2. The summed E-state index contributed by atoms with van der Waals surface area (Å²) in [6.07, 6.45) is 10.2. The molecule has 0 bridgehead atoms. The molecule has 1 saturated carbocycles. The molecule has 1 aliphatic carbocycles. The monoisotopic (exact) mass is 422 g/mol. The zero-order valence-corrected chi connectivity index (χ0v) is 18.1. The van der Waals surface area contributed by atoms with E-state index in [-0.39, 0.29) is 23.6 Å². The quantitative estimate of drug-likeness (QED) is 0.233. The smallest absolute Gasteiger partial charge is 0.303 e. The molecule has 0 spiro atoms. The predicted octanol–water partition coefficient (Wildman–Crippen LogP) is 5.57. The minimum absolute atomic E-state index is 0.0209. The molecule has 1 aliphatic rings. The Labute approximate surface area is 179 Å². The van der Waals surface area contributed by atoms with Crippen molar-refractivity contribution in [2.75, 3.05) is 0 Å². The number of hydrogen-bond acceptors (Lipinski definition) is 3. The van der Waals surface area contributed by atoms with E-state index in [1.165, 1.54) is 0 Å². The van der Waals surface area contributed by atoms with E-state index in [2.05, 4.69) is 13.0 Å². The van der Waals surface area contributed by atoms with Crippen LogP contribution in [-0.2, 0) is 4.79 Å². The van der Waals surface area contributed by atoms with E-state index in [4.69, 9.17) is 16.7 Å². The number of benzene rings is 1. The number of carbonyl (C=O) groups is 1. The van der Waals surface area contributed by atoms with Gasteiger partial charge in [-0.1, -0.05) is 62.6 Å². The van der Waals surface area contributed by atoms with Gasteiger partial charge in [-0.3, -0.25) is 4.79 Å². The molecule has 5 atom stereocenters. The molecule has 0 amide bonds. The average molecular weight is 423 g/mol. The molecule has 1 aromatic carbocycles. The first-order valence-electron chi connectivity index (χ1n) is 10.9. The van der Waals surface area contributed by atoms with Crippen LogP contribution in [0.1, 0.15) is 87.9 Å². The molecule has 0 saturated heterocycles. The molecule has 3 unspecified atom stereocenters. The van der Waals surface area contributed by atoms with Crippen molar-refractivity contribution < 1.29 is 20.1 Å². The number of carboxylic acids is 1. The zero-order valence-electron chi connectivity index (χ0n) is 17.3. The van der Waals surface area contributed by atoms with Gasteiger partial charge in [0, 0.05) is 17.7 Å². The highest BCUT2D eigenvalue weighted by Crippen LogP contribution is 2.45. The highest BCUT2D eigenvalue weighted by Gasteiger charge is 2.41. The van der Waals surface area contributed by atoms with E-state index >= 15 is 0 Å². The first kappa shape index (κ1) is 23.9. The summed E-state index contributed by atoms with van der Waals surface area (Å²) >= 11 is 6.54. The number of aliphatic hydroxyl groups excluding tert-OH is 2. The number of aliphatic hydroxyl groups is 2. The Kier molecular flexibility index (Phi) is 10.2. The van der Waals surface area contributed by atoms with Crippen LogP contribution in [0.15, 0.2) is 36.4 Å². The lowest BCUT2D eigenvalue weighted by molar-refractivity contribution is -0.137. The molecule has 4 nitrogen and oxygen atoms in total. The molecule has 29 heavy (non-hydrogen) atoms. The van der Waals surface area contributed by atoms with Crippen LogP contribution in [0, 0.1) is 5.92 Å². The van der Waals surface area contributed by atoms with Gasteiger partial charge in [-0.2, -0.15) is 0 Å². The van der Waals surface area contributed by atoms with Crippen LogP contribution >= 0.6 is 11.6 Å². The maximum atomic E-state index is 10.6. The summed E-state index contributed by atoms with van der Waals surface area (Å²) < 4.78 is 0. The largest absolute Gasteiger partial charge is 0.481 e. The van der Waals surface area contributed by atoms with Crippen molar-refractivity contribution in [1.82, 2.24) is 0 Å². The van der Waals surface area contributed by atoms with E-state index in [1.54, 1.807) is 0 Å². The number of hydrogen-bond donors (Lipinski definition) is 3. The molecular formula is C24H35ClO4. The first-order chi connectivity index (χ1) is 13.9. The van der Waals surface area contributed by atoms with Gasteiger partial charge in [-0.15, -0.1) is 11.6 Å². The van der Waals surface area contributed by atoms with E-state index in [0.717, 1.165) is 49.7 Å². The van der Waals surface area contributed by atoms with Gasteiger partial charge in [0.25, 0.3) is 0 Å². The Morgan fingerprint density at radius 3 is 2.59 bits per heavy atom. The van der Waals surface area contributed by atoms with Crippen molar-refractivity contribution in [3.63, 3.8) is 0 Å². The lowest BCUT2D eigenvalue weighted by atomic mass is 9.84. The molecule has 5 heteroatoms. The molecule has 3 N–H and O–H groups in total. The fourth-order valence-corrected chi connectivity index (χ4v) is 4.71. The Balaban J connectivity index is 1.96. The van der Waals surface area contributed by atoms with Crippen molar-refractivity contribution in [3.8, 4) is 0 Å². The summed E-state index contributed by atoms with van der Waals surface area (Å²) in [5, 5.41) is 29.5. The minimum atomic E-state index is -0.767. The van der Waals surface area contributed by atoms with Crippen LogP contribution < -0.4 is 0 Å².